The standard InChI is InChI=1S/C20H20F2N2O2/c21-15-7-5-14(6-8-15)19-16-4-2-1-3-13(16)9-10-24(19)20(25)26-18-12-23-11-17(18)22/h1-8,17-19,23H,9-12H2/t17-,18+,19-/m0/s1. The molecule has 0 spiro atoms. The molecule has 1 amide bonds. The number of carbonyl (C=O) groups is 1. The third kappa shape index (κ3) is 3.17. The predicted octanol–water partition coefficient (Wildman–Crippen LogP) is 3.22. The summed E-state index contributed by atoms with van der Waals surface area (Å²) in [5, 5.41) is 2.88. The first kappa shape index (κ1) is 17.0. The first-order valence-corrected chi connectivity index (χ1v) is 8.79. The van der Waals surface area contributed by atoms with Crippen molar-refractivity contribution in [2.45, 2.75) is 24.7 Å². The second kappa shape index (κ2) is 7.03. The fraction of sp³-hybridized carbons (Fsp3) is 0.350. The number of amides is 1. The molecular weight excluding hydrogens is 338 g/mol. The number of hydrogen-bond donors (Lipinski definition) is 1. The van der Waals surface area contributed by atoms with Gasteiger partial charge in [0.25, 0.3) is 0 Å². The molecule has 0 bridgehead atoms. The molecule has 1 N–H and O–H groups in total. The number of ether oxygens (including phenoxy) is 1. The van der Waals surface area contributed by atoms with Gasteiger partial charge in [-0.05, 0) is 35.2 Å². The Bertz CT molecular complexity index is 797. The van der Waals surface area contributed by atoms with Gasteiger partial charge in [-0.25, -0.2) is 13.6 Å². The molecule has 26 heavy (non-hydrogen) atoms. The van der Waals surface area contributed by atoms with E-state index in [0.717, 1.165) is 16.7 Å². The van der Waals surface area contributed by atoms with Gasteiger partial charge in [-0.1, -0.05) is 36.4 Å². The fourth-order valence-corrected chi connectivity index (χ4v) is 3.70. The largest absolute Gasteiger partial charge is 0.442 e. The summed E-state index contributed by atoms with van der Waals surface area (Å²) < 4.78 is 32.6. The number of fused-ring (bicyclic) bond motifs is 1. The molecule has 0 aliphatic carbocycles. The molecule has 0 radical (unpaired) electrons. The first-order valence-electron chi connectivity index (χ1n) is 8.79. The number of benzene rings is 2. The van der Waals surface area contributed by atoms with E-state index in [1.807, 2.05) is 24.3 Å². The van der Waals surface area contributed by atoms with Crippen molar-refractivity contribution < 1.29 is 18.3 Å². The van der Waals surface area contributed by atoms with E-state index in [0.29, 0.717) is 19.5 Å². The Morgan fingerprint density at radius 2 is 1.88 bits per heavy atom. The van der Waals surface area contributed by atoms with E-state index < -0.39 is 18.4 Å². The lowest BCUT2D eigenvalue weighted by Crippen LogP contribution is -2.43. The summed E-state index contributed by atoms with van der Waals surface area (Å²) in [7, 11) is 0. The van der Waals surface area contributed by atoms with E-state index in [9.17, 15) is 13.6 Å². The summed E-state index contributed by atoms with van der Waals surface area (Å²) in [6, 6.07) is 13.6. The molecule has 2 aliphatic heterocycles. The Hall–Kier alpha value is -2.47. The van der Waals surface area contributed by atoms with Crippen LogP contribution in [0, 0.1) is 5.82 Å². The number of carbonyl (C=O) groups excluding carboxylic acids is 1. The van der Waals surface area contributed by atoms with Gasteiger partial charge in [0.2, 0.25) is 0 Å². The SMILES string of the molecule is O=C(O[C@@H]1CNC[C@@H]1F)N1CCc2ccccc2[C@@H]1c1ccc(F)cc1. The van der Waals surface area contributed by atoms with Gasteiger partial charge in [0.15, 0.2) is 6.17 Å². The summed E-state index contributed by atoms with van der Waals surface area (Å²) >= 11 is 0. The molecule has 0 aromatic heterocycles. The Morgan fingerprint density at radius 1 is 1.12 bits per heavy atom. The zero-order valence-electron chi connectivity index (χ0n) is 14.2. The van der Waals surface area contributed by atoms with E-state index in [-0.39, 0.29) is 18.4 Å². The van der Waals surface area contributed by atoms with Gasteiger partial charge in [0, 0.05) is 19.6 Å². The lowest BCUT2D eigenvalue weighted by Gasteiger charge is -2.37. The maximum atomic E-state index is 13.8. The molecule has 4 rings (SSSR count). The van der Waals surface area contributed by atoms with Crippen molar-refractivity contribution in [1.82, 2.24) is 10.2 Å². The van der Waals surface area contributed by atoms with Crippen molar-refractivity contribution in [1.29, 1.82) is 0 Å². The highest BCUT2D eigenvalue weighted by molar-refractivity contribution is 5.70. The van der Waals surface area contributed by atoms with Gasteiger partial charge in [-0.2, -0.15) is 0 Å². The number of halogens is 2. The summed E-state index contributed by atoms with van der Waals surface area (Å²) in [5.74, 6) is -0.329. The summed E-state index contributed by atoms with van der Waals surface area (Å²) in [6.45, 7) is 0.982. The maximum Gasteiger partial charge on any atom is 0.410 e. The number of rotatable bonds is 2. The van der Waals surface area contributed by atoms with Gasteiger partial charge in [-0.3, -0.25) is 4.90 Å². The van der Waals surface area contributed by atoms with Gasteiger partial charge in [0.1, 0.15) is 11.9 Å². The highest BCUT2D eigenvalue weighted by atomic mass is 19.1. The van der Waals surface area contributed by atoms with Crippen molar-refractivity contribution in [2.24, 2.45) is 0 Å². The Balaban J connectivity index is 1.66. The van der Waals surface area contributed by atoms with Gasteiger partial charge < -0.3 is 10.1 Å². The molecule has 2 aromatic carbocycles. The minimum absolute atomic E-state index is 0.197. The molecule has 0 unspecified atom stereocenters. The molecule has 2 aromatic rings. The minimum atomic E-state index is -1.19. The number of nitrogens with one attached hydrogen (secondary N) is 1. The van der Waals surface area contributed by atoms with Crippen molar-refractivity contribution in [3.05, 3.63) is 71.0 Å². The van der Waals surface area contributed by atoms with E-state index in [4.69, 9.17) is 4.74 Å². The van der Waals surface area contributed by atoms with Crippen LogP contribution >= 0.6 is 0 Å². The number of alkyl halides is 1. The normalized spacial score (nSPS) is 25.0. The Morgan fingerprint density at radius 3 is 2.62 bits per heavy atom. The highest BCUT2D eigenvalue weighted by Gasteiger charge is 2.36. The maximum absolute atomic E-state index is 13.8. The third-order valence-electron chi connectivity index (χ3n) is 5.04. The minimum Gasteiger partial charge on any atom is -0.442 e. The molecule has 136 valence electrons. The molecule has 2 aliphatic rings. The fourth-order valence-electron chi connectivity index (χ4n) is 3.70. The van der Waals surface area contributed by atoms with Crippen LogP contribution in [0.15, 0.2) is 48.5 Å². The molecule has 1 fully saturated rings. The number of hydrogen-bond acceptors (Lipinski definition) is 3. The summed E-state index contributed by atoms with van der Waals surface area (Å²) in [5.41, 5.74) is 2.94. The topological polar surface area (TPSA) is 41.6 Å². The second-order valence-corrected chi connectivity index (χ2v) is 6.69. The Kier molecular flexibility index (Phi) is 4.59. The smallest absolute Gasteiger partial charge is 0.410 e. The lowest BCUT2D eigenvalue weighted by molar-refractivity contribution is 0.0349. The molecule has 3 atom stereocenters. The van der Waals surface area contributed by atoms with Crippen molar-refractivity contribution >= 4 is 6.09 Å². The Labute approximate surface area is 150 Å². The molecule has 6 heteroatoms. The van der Waals surface area contributed by atoms with Crippen LogP contribution in [0.2, 0.25) is 0 Å². The van der Waals surface area contributed by atoms with Crippen LogP contribution in [0.4, 0.5) is 13.6 Å². The monoisotopic (exact) mass is 358 g/mol. The van der Waals surface area contributed by atoms with E-state index in [2.05, 4.69) is 5.32 Å². The predicted molar refractivity (Wildman–Crippen MR) is 93.1 cm³/mol. The molecular formula is C20H20F2N2O2. The van der Waals surface area contributed by atoms with Crippen LogP contribution < -0.4 is 5.32 Å². The van der Waals surface area contributed by atoms with Gasteiger partial charge >= 0.3 is 6.09 Å². The highest BCUT2D eigenvalue weighted by Crippen LogP contribution is 2.35. The van der Waals surface area contributed by atoms with E-state index in [1.165, 1.54) is 12.1 Å². The van der Waals surface area contributed by atoms with Crippen molar-refractivity contribution in [3.63, 3.8) is 0 Å². The average Bonchev–Trinajstić information content (AvgIpc) is 3.06. The molecule has 2 heterocycles. The quantitative estimate of drug-likeness (QED) is 0.896. The first-order chi connectivity index (χ1) is 12.6. The second-order valence-electron chi connectivity index (χ2n) is 6.69. The lowest BCUT2D eigenvalue weighted by atomic mass is 9.88. The molecule has 1 saturated heterocycles. The van der Waals surface area contributed by atoms with Crippen LogP contribution in [0.5, 0.6) is 0 Å². The van der Waals surface area contributed by atoms with E-state index >= 15 is 0 Å². The van der Waals surface area contributed by atoms with Crippen LogP contribution in [0.3, 0.4) is 0 Å². The summed E-state index contributed by atoms with van der Waals surface area (Å²) in [4.78, 5) is 14.4. The third-order valence-corrected chi connectivity index (χ3v) is 5.04. The van der Waals surface area contributed by atoms with Crippen LogP contribution in [0.1, 0.15) is 22.7 Å². The van der Waals surface area contributed by atoms with E-state index in [1.54, 1.807) is 17.0 Å². The van der Waals surface area contributed by atoms with Gasteiger partial charge in [-0.15, -0.1) is 0 Å². The zero-order chi connectivity index (χ0) is 18.1. The molecule has 4 nitrogen and oxygen atoms in total. The van der Waals surface area contributed by atoms with Gasteiger partial charge in [0.05, 0.1) is 6.04 Å². The summed E-state index contributed by atoms with van der Waals surface area (Å²) in [6.07, 6.45) is -1.80. The van der Waals surface area contributed by atoms with Crippen LogP contribution in [0.25, 0.3) is 0 Å². The number of nitrogens with zero attached hydrogens (tertiary/aromatic N) is 1. The average molecular weight is 358 g/mol. The van der Waals surface area contributed by atoms with Crippen molar-refractivity contribution in [2.75, 3.05) is 19.6 Å². The van der Waals surface area contributed by atoms with Crippen LogP contribution in [-0.2, 0) is 11.2 Å². The van der Waals surface area contributed by atoms with Crippen molar-refractivity contribution in [3.8, 4) is 0 Å². The zero-order valence-corrected chi connectivity index (χ0v) is 14.2. The molecule has 0 saturated carbocycles. The van der Waals surface area contributed by atoms with Crippen LogP contribution in [-0.4, -0.2) is 42.9 Å².